The average Bonchev–Trinajstić information content (AvgIpc) is 2.43. The third-order valence-corrected chi connectivity index (χ3v) is 3.06. The highest BCUT2D eigenvalue weighted by Crippen LogP contribution is 2.08. The summed E-state index contributed by atoms with van der Waals surface area (Å²) in [6, 6.07) is 0. The number of amides is 1. The number of aromatic nitrogens is 2. The molecule has 2 N–H and O–H groups in total. The fourth-order valence-electron chi connectivity index (χ4n) is 1.32. The first-order chi connectivity index (χ1) is 7.31. The van der Waals surface area contributed by atoms with Crippen LogP contribution in [0.25, 0.3) is 0 Å². The second kappa shape index (κ2) is 4.65. The fraction of sp³-hybridized carbons (Fsp3) is 0.556. The van der Waals surface area contributed by atoms with Crippen molar-refractivity contribution in [2.24, 2.45) is 0 Å². The van der Waals surface area contributed by atoms with Crippen molar-refractivity contribution in [2.75, 3.05) is 18.6 Å². The van der Waals surface area contributed by atoms with Crippen molar-refractivity contribution in [1.29, 1.82) is 0 Å². The molecule has 16 heavy (non-hydrogen) atoms. The lowest BCUT2D eigenvalue weighted by Crippen LogP contribution is -2.29. The Kier molecular flexibility index (Phi) is 3.69. The van der Waals surface area contributed by atoms with E-state index >= 15 is 0 Å². The number of aromatic amines is 1. The van der Waals surface area contributed by atoms with Gasteiger partial charge in [-0.2, -0.15) is 5.10 Å². The summed E-state index contributed by atoms with van der Waals surface area (Å²) in [6.45, 7) is 3.57. The molecular formula is C9H15N3O3S. The molecule has 0 atom stereocenters. The predicted molar refractivity (Wildman–Crippen MR) is 60.1 cm³/mol. The Morgan fingerprint density at radius 1 is 1.44 bits per heavy atom. The minimum Gasteiger partial charge on any atom is -0.351 e. The molecule has 0 saturated carbocycles. The van der Waals surface area contributed by atoms with Gasteiger partial charge in [-0.15, -0.1) is 0 Å². The standard InChI is InChI=1S/C9H15N3O3S/c1-6-8(7(2)12-11-6)9(13)10-4-5-16(3,14)15/h4-5H2,1-3H3,(H,10,13)(H,11,12). The van der Waals surface area contributed by atoms with E-state index in [1.165, 1.54) is 0 Å². The Bertz CT molecular complexity index is 471. The van der Waals surface area contributed by atoms with E-state index in [0.717, 1.165) is 6.26 Å². The molecule has 7 heteroatoms. The maximum atomic E-state index is 11.7. The number of nitrogens with one attached hydrogen (secondary N) is 2. The van der Waals surface area contributed by atoms with Crippen molar-refractivity contribution in [2.45, 2.75) is 13.8 Å². The number of aryl methyl sites for hydroxylation is 2. The van der Waals surface area contributed by atoms with Gasteiger partial charge in [0.15, 0.2) is 0 Å². The molecule has 1 aromatic heterocycles. The zero-order chi connectivity index (χ0) is 12.3. The topological polar surface area (TPSA) is 91.9 Å². The van der Waals surface area contributed by atoms with Gasteiger partial charge in [0, 0.05) is 18.5 Å². The first-order valence-electron chi connectivity index (χ1n) is 4.79. The quantitative estimate of drug-likeness (QED) is 0.768. The van der Waals surface area contributed by atoms with Crippen LogP contribution in [0, 0.1) is 13.8 Å². The highest BCUT2D eigenvalue weighted by atomic mass is 32.2. The summed E-state index contributed by atoms with van der Waals surface area (Å²) < 4.78 is 21.7. The van der Waals surface area contributed by atoms with Crippen LogP contribution in [-0.4, -0.2) is 43.1 Å². The van der Waals surface area contributed by atoms with Crippen LogP contribution in [0.15, 0.2) is 0 Å². The molecule has 90 valence electrons. The van der Waals surface area contributed by atoms with Crippen molar-refractivity contribution in [3.05, 3.63) is 17.0 Å². The third-order valence-electron chi connectivity index (χ3n) is 2.11. The lowest BCUT2D eigenvalue weighted by atomic mass is 10.2. The number of sulfone groups is 1. The molecule has 0 fully saturated rings. The molecular weight excluding hydrogens is 230 g/mol. The van der Waals surface area contributed by atoms with Crippen LogP contribution in [0.2, 0.25) is 0 Å². The number of carbonyl (C=O) groups is 1. The Morgan fingerprint density at radius 2 is 2.06 bits per heavy atom. The fourth-order valence-corrected chi connectivity index (χ4v) is 1.80. The van der Waals surface area contributed by atoms with E-state index in [1.54, 1.807) is 13.8 Å². The van der Waals surface area contributed by atoms with Gasteiger partial charge < -0.3 is 5.32 Å². The molecule has 0 saturated heterocycles. The van der Waals surface area contributed by atoms with Gasteiger partial charge >= 0.3 is 0 Å². The van der Waals surface area contributed by atoms with Crippen LogP contribution in [0.4, 0.5) is 0 Å². The predicted octanol–water partition coefficient (Wildman–Crippen LogP) is -0.199. The maximum Gasteiger partial charge on any atom is 0.255 e. The van der Waals surface area contributed by atoms with Crippen LogP contribution < -0.4 is 5.32 Å². The molecule has 1 amide bonds. The van der Waals surface area contributed by atoms with E-state index in [9.17, 15) is 13.2 Å². The first-order valence-corrected chi connectivity index (χ1v) is 6.85. The summed E-state index contributed by atoms with van der Waals surface area (Å²) in [4.78, 5) is 11.7. The monoisotopic (exact) mass is 245 g/mol. The summed E-state index contributed by atoms with van der Waals surface area (Å²) in [5.41, 5.74) is 1.76. The van der Waals surface area contributed by atoms with Crippen LogP contribution in [-0.2, 0) is 9.84 Å². The molecule has 0 bridgehead atoms. The molecule has 0 aromatic carbocycles. The second-order valence-electron chi connectivity index (χ2n) is 3.69. The van der Waals surface area contributed by atoms with Crippen molar-refractivity contribution >= 4 is 15.7 Å². The van der Waals surface area contributed by atoms with Crippen molar-refractivity contribution in [3.63, 3.8) is 0 Å². The van der Waals surface area contributed by atoms with Gasteiger partial charge in [-0.3, -0.25) is 9.89 Å². The number of nitrogens with zero attached hydrogens (tertiary/aromatic N) is 1. The van der Waals surface area contributed by atoms with Gasteiger partial charge in [-0.05, 0) is 13.8 Å². The number of hydrogen-bond acceptors (Lipinski definition) is 4. The van der Waals surface area contributed by atoms with Crippen molar-refractivity contribution in [1.82, 2.24) is 15.5 Å². The largest absolute Gasteiger partial charge is 0.351 e. The highest BCUT2D eigenvalue weighted by Gasteiger charge is 2.15. The van der Waals surface area contributed by atoms with E-state index in [2.05, 4.69) is 15.5 Å². The Hall–Kier alpha value is -1.37. The van der Waals surface area contributed by atoms with Gasteiger partial charge in [-0.1, -0.05) is 0 Å². The van der Waals surface area contributed by atoms with Crippen molar-refractivity contribution in [3.8, 4) is 0 Å². The van der Waals surface area contributed by atoms with Gasteiger partial charge in [0.05, 0.1) is 17.0 Å². The molecule has 0 aliphatic rings. The Labute approximate surface area is 94.4 Å². The van der Waals surface area contributed by atoms with Crippen LogP contribution in [0.5, 0.6) is 0 Å². The SMILES string of the molecule is Cc1n[nH]c(C)c1C(=O)NCCS(C)(=O)=O. The third kappa shape index (κ3) is 3.34. The van der Waals surface area contributed by atoms with E-state index in [-0.39, 0.29) is 18.2 Å². The van der Waals surface area contributed by atoms with E-state index in [0.29, 0.717) is 17.0 Å². The van der Waals surface area contributed by atoms with Gasteiger partial charge in [0.2, 0.25) is 0 Å². The smallest absolute Gasteiger partial charge is 0.255 e. The highest BCUT2D eigenvalue weighted by molar-refractivity contribution is 7.90. The maximum absolute atomic E-state index is 11.7. The minimum absolute atomic E-state index is 0.0608. The Morgan fingerprint density at radius 3 is 2.50 bits per heavy atom. The lowest BCUT2D eigenvalue weighted by molar-refractivity contribution is 0.0955. The number of carbonyl (C=O) groups excluding carboxylic acids is 1. The lowest BCUT2D eigenvalue weighted by Gasteiger charge is -2.04. The van der Waals surface area contributed by atoms with E-state index in [1.807, 2.05) is 0 Å². The molecule has 0 spiro atoms. The zero-order valence-electron chi connectivity index (χ0n) is 9.49. The molecule has 0 radical (unpaired) electrons. The average molecular weight is 245 g/mol. The Balaban J connectivity index is 2.61. The summed E-state index contributed by atoms with van der Waals surface area (Å²) >= 11 is 0. The van der Waals surface area contributed by atoms with E-state index in [4.69, 9.17) is 0 Å². The van der Waals surface area contributed by atoms with Crippen LogP contribution in [0.3, 0.4) is 0 Å². The van der Waals surface area contributed by atoms with Gasteiger partial charge in [-0.25, -0.2) is 8.42 Å². The summed E-state index contributed by atoms with van der Waals surface area (Å²) in [5, 5.41) is 9.13. The molecule has 0 aliphatic heterocycles. The molecule has 6 nitrogen and oxygen atoms in total. The van der Waals surface area contributed by atoms with Gasteiger partial charge in [0.25, 0.3) is 5.91 Å². The molecule has 1 aromatic rings. The summed E-state index contributed by atoms with van der Waals surface area (Å²) in [7, 11) is -3.05. The number of H-pyrrole nitrogens is 1. The summed E-state index contributed by atoms with van der Waals surface area (Å²) in [6.07, 6.45) is 1.13. The van der Waals surface area contributed by atoms with Crippen LogP contribution in [0.1, 0.15) is 21.7 Å². The normalized spacial score (nSPS) is 11.4. The second-order valence-corrected chi connectivity index (χ2v) is 5.95. The number of hydrogen-bond donors (Lipinski definition) is 2. The molecule has 1 heterocycles. The summed E-state index contributed by atoms with van der Waals surface area (Å²) in [5.74, 6) is -0.360. The number of rotatable bonds is 4. The van der Waals surface area contributed by atoms with Gasteiger partial charge in [0.1, 0.15) is 9.84 Å². The zero-order valence-corrected chi connectivity index (χ0v) is 10.3. The van der Waals surface area contributed by atoms with Crippen molar-refractivity contribution < 1.29 is 13.2 Å². The van der Waals surface area contributed by atoms with Crippen LogP contribution >= 0.6 is 0 Å². The minimum atomic E-state index is -3.05. The molecule has 0 unspecified atom stereocenters. The first kappa shape index (κ1) is 12.7. The van der Waals surface area contributed by atoms with E-state index < -0.39 is 9.84 Å². The molecule has 1 rings (SSSR count). The molecule has 0 aliphatic carbocycles.